The molecule has 3 rings (SSSR count). The van der Waals surface area contributed by atoms with Gasteiger partial charge in [0, 0.05) is 23.7 Å². The molecular formula is C22H20Cl3NO. The summed E-state index contributed by atoms with van der Waals surface area (Å²) in [5, 5.41) is 5.18. The van der Waals surface area contributed by atoms with Crippen LogP contribution in [0.3, 0.4) is 0 Å². The lowest BCUT2D eigenvalue weighted by molar-refractivity contribution is 0.302. The van der Waals surface area contributed by atoms with Crippen molar-refractivity contribution in [3.8, 4) is 5.75 Å². The summed E-state index contributed by atoms with van der Waals surface area (Å²) in [5.41, 5.74) is 4.46. The predicted molar refractivity (Wildman–Crippen MR) is 114 cm³/mol. The van der Waals surface area contributed by atoms with Crippen molar-refractivity contribution < 1.29 is 4.74 Å². The Morgan fingerprint density at radius 1 is 0.778 bits per heavy atom. The highest BCUT2D eigenvalue weighted by atomic mass is 35.5. The maximum absolute atomic E-state index is 6.17. The molecule has 0 unspecified atom stereocenters. The van der Waals surface area contributed by atoms with E-state index in [1.807, 2.05) is 30.3 Å². The Kier molecular flexibility index (Phi) is 7.03. The van der Waals surface area contributed by atoms with Crippen LogP contribution in [0, 0.1) is 6.92 Å². The van der Waals surface area contributed by atoms with Crippen molar-refractivity contribution in [2.75, 3.05) is 0 Å². The molecule has 0 spiro atoms. The molecule has 0 saturated carbocycles. The fourth-order valence-corrected chi connectivity index (χ4v) is 3.18. The summed E-state index contributed by atoms with van der Waals surface area (Å²) in [6.45, 7) is 3.92. The van der Waals surface area contributed by atoms with Gasteiger partial charge < -0.3 is 10.1 Å². The van der Waals surface area contributed by atoms with Crippen molar-refractivity contribution in [3.63, 3.8) is 0 Å². The van der Waals surface area contributed by atoms with Crippen LogP contribution in [0.1, 0.15) is 22.3 Å². The van der Waals surface area contributed by atoms with Gasteiger partial charge in [-0.2, -0.15) is 0 Å². The first-order valence-electron chi connectivity index (χ1n) is 8.62. The second-order valence-electron chi connectivity index (χ2n) is 6.38. The summed E-state index contributed by atoms with van der Waals surface area (Å²) in [6.07, 6.45) is 0. The minimum atomic E-state index is 0.406. The lowest BCUT2D eigenvalue weighted by Gasteiger charge is -2.13. The normalized spacial score (nSPS) is 10.8. The first kappa shape index (κ1) is 20.0. The van der Waals surface area contributed by atoms with Gasteiger partial charge >= 0.3 is 0 Å². The highest BCUT2D eigenvalue weighted by Crippen LogP contribution is 2.26. The third-order valence-electron chi connectivity index (χ3n) is 4.17. The number of halogens is 3. The van der Waals surface area contributed by atoms with Crippen LogP contribution in [0.25, 0.3) is 0 Å². The minimum Gasteiger partial charge on any atom is -0.489 e. The molecule has 0 radical (unpaired) electrons. The summed E-state index contributed by atoms with van der Waals surface area (Å²) in [4.78, 5) is 0. The first-order valence-corrected chi connectivity index (χ1v) is 9.76. The van der Waals surface area contributed by atoms with E-state index in [0.717, 1.165) is 23.4 Å². The van der Waals surface area contributed by atoms with Gasteiger partial charge in [0.15, 0.2) is 0 Å². The molecule has 2 nitrogen and oxygen atoms in total. The van der Waals surface area contributed by atoms with Gasteiger partial charge in [0.1, 0.15) is 12.4 Å². The lowest BCUT2D eigenvalue weighted by Crippen LogP contribution is -2.13. The Balaban J connectivity index is 1.63. The third-order valence-corrected chi connectivity index (χ3v) is 5.14. The van der Waals surface area contributed by atoms with Gasteiger partial charge in [-0.15, -0.1) is 0 Å². The van der Waals surface area contributed by atoms with E-state index in [1.165, 1.54) is 11.1 Å². The van der Waals surface area contributed by atoms with E-state index in [2.05, 4.69) is 36.5 Å². The van der Waals surface area contributed by atoms with Gasteiger partial charge in [-0.1, -0.05) is 70.7 Å². The van der Waals surface area contributed by atoms with Crippen LogP contribution < -0.4 is 10.1 Å². The smallest absolute Gasteiger partial charge is 0.124 e. The van der Waals surface area contributed by atoms with Crippen LogP contribution in [0.5, 0.6) is 5.75 Å². The zero-order valence-corrected chi connectivity index (χ0v) is 17.2. The Labute approximate surface area is 175 Å². The highest BCUT2D eigenvalue weighted by Gasteiger charge is 2.07. The fraction of sp³-hybridized carbons (Fsp3) is 0.182. The number of aryl methyl sites for hydroxylation is 1. The van der Waals surface area contributed by atoms with Crippen LogP contribution in [0.15, 0.2) is 60.7 Å². The fourth-order valence-electron chi connectivity index (χ4n) is 2.66. The predicted octanol–water partition coefficient (Wildman–Crippen LogP) is 6.82. The molecule has 0 aromatic heterocycles. The third kappa shape index (κ3) is 5.88. The zero-order valence-electron chi connectivity index (χ0n) is 14.9. The molecule has 0 aliphatic heterocycles. The van der Waals surface area contributed by atoms with Crippen LogP contribution >= 0.6 is 34.8 Å². The molecular weight excluding hydrogens is 401 g/mol. The monoisotopic (exact) mass is 419 g/mol. The number of rotatable bonds is 7. The summed E-state index contributed by atoms with van der Waals surface area (Å²) in [7, 11) is 0. The van der Waals surface area contributed by atoms with Gasteiger partial charge in [-0.3, -0.25) is 0 Å². The van der Waals surface area contributed by atoms with E-state index in [1.54, 1.807) is 6.07 Å². The van der Waals surface area contributed by atoms with E-state index < -0.39 is 0 Å². The van der Waals surface area contributed by atoms with Gasteiger partial charge in [0.05, 0.1) is 10.0 Å². The lowest BCUT2D eigenvalue weighted by atomic mass is 10.1. The number of hydrogen-bond acceptors (Lipinski definition) is 2. The second-order valence-corrected chi connectivity index (χ2v) is 7.63. The SMILES string of the molecule is Cc1ccc(CNCc2cc(Cl)ccc2OCc2ccc(Cl)c(Cl)c2)cc1. The number of hydrogen-bond donors (Lipinski definition) is 1. The molecule has 27 heavy (non-hydrogen) atoms. The molecule has 0 saturated heterocycles. The molecule has 0 atom stereocenters. The average molecular weight is 421 g/mol. The quantitative estimate of drug-likeness (QED) is 0.452. The van der Waals surface area contributed by atoms with Crippen molar-refractivity contribution >= 4 is 34.8 Å². The Morgan fingerprint density at radius 2 is 1.52 bits per heavy atom. The van der Waals surface area contributed by atoms with E-state index in [-0.39, 0.29) is 0 Å². The topological polar surface area (TPSA) is 21.3 Å². The second kappa shape index (κ2) is 9.48. The largest absolute Gasteiger partial charge is 0.489 e. The first-order chi connectivity index (χ1) is 13.0. The van der Waals surface area contributed by atoms with Gasteiger partial charge in [-0.25, -0.2) is 0 Å². The average Bonchev–Trinajstić information content (AvgIpc) is 2.65. The Hall–Kier alpha value is -1.71. The van der Waals surface area contributed by atoms with E-state index in [0.29, 0.717) is 28.2 Å². The maximum Gasteiger partial charge on any atom is 0.124 e. The molecule has 140 valence electrons. The molecule has 0 fully saturated rings. The molecule has 0 amide bonds. The summed E-state index contributed by atoms with van der Waals surface area (Å²) >= 11 is 18.2. The van der Waals surface area contributed by atoms with Crippen molar-refractivity contribution in [2.24, 2.45) is 0 Å². The molecule has 5 heteroatoms. The summed E-state index contributed by atoms with van der Waals surface area (Å²) in [6, 6.07) is 19.6. The van der Waals surface area contributed by atoms with Gasteiger partial charge in [-0.05, 0) is 48.4 Å². The Bertz CT molecular complexity index is 910. The van der Waals surface area contributed by atoms with Crippen LogP contribution in [0.4, 0.5) is 0 Å². The van der Waals surface area contributed by atoms with Crippen LogP contribution in [-0.2, 0) is 19.7 Å². The minimum absolute atomic E-state index is 0.406. The summed E-state index contributed by atoms with van der Waals surface area (Å²) < 4.78 is 5.99. The van der Waals surface area contributed by atoms with Crippen molar-refractivity contribution in [3.05, 3.63) is 98.0 Å². The number of ether oxygens (including phenoxy) is 1. The van der Waals surface area contributed by atoms with E-state index in [9.17, 15) is 0 Å². The zero-order chi connectivity index (χ0) is 19.2. The molecule has 1 N–H and O–H groups in total. The number of benzene rings is 3. The van der Waals surface area contributed by atoms with Crippen LogP contribution in [0.2, 0.25) is 15.1 Å². The number of nitrogens with one attached hydrogen (secondary N) is 1. The molecule has 0 bridgehead atoms. The van der Waals surface area contributed by atoms with Crippen molar-refractivity contribution in [1.82, 2.24) is 5.32 Å². The molecule has 0 aliphatic rings. The molecule has 3 aromatic rings. The van der Waals surface area contributed by atoms with Crippen molar-refractivity contribution in [1.29, 1.82) is 0 Å². The highest BCUT2D eigenvalue weighted by molar-refractivity contribution is 6.42. The van der Waals surface area contributed by atoms with Gasteiger partial charge in [0.25, 0.3) is 0 Å². The molecule has 3 aromatic carbocycles. The van der Waals surface area contributed by atoms with Crippen LogP contribution in [-0.4, -0.2) is 0 Å². The van der Waals surface area contributed by atoms with Gasteiger partial charge in [0.2, 0.25) is 0 Å². The van der Waals surface area contributed by atoms with E-state index in [4.69, 9.17) is 39.5 Å². The standard InChI is InChI=1S/C22H20Cl3NO/c1-15-2-4-16(5-3-15)12-26-13-18-11-19(23)7-9-22(18)27-14-17-6-8-20(24)21(25)10-17/h2-11,26H,12-14H2,1H3. The van der Waals surface area contributed by atoms with Crippen molar-refractivity contribution in [2.45, 2.75) is 26.6 Å². The molecule has 0 aliphatic carbocycles. The Morgan fingerprint density at radius 3 is 2.26 bits per heavy atom. The maximum atomic E-state index is 6.17. The van der Waals surface area contributed by atoms with E-state index >= 15 is 0 Å². The summed E-state index contributed by atoms with van der Waals surface area (Å²) in [5.74, 6) is 0.793. The molecule has 0 heterocycles.